The zero-order chi connectivity index (χ0) is 11.8. The molecule has 4 heteroatoms. The van der Waals surface area contributed by atoms with E-state index in [-0.39, 0.29) is 0 Å². The fourth-order valence-electron chi connectivity index (χ4n) is 1.83. The average molecular weight is 288 g/mol. The second-order valence-electron chi connectivity index (χ2n) is 3.95. The van der Waals surface area contributed by atoms with Crippen molar-refractivity contribution in [1.29, 1.82) is 0 Å². The summed E-state index contributed by atoms with van der Waals surface area (Å²) in [5.74, 6) is 1.57. The largest absolute Gasteiger partial charge is 0.263 e. The smallest absolute Gasteiger partial charge is 0.181 e. The van der Waals surface area contributed by atoms with E-state index >= 15 is 0 Å². The number of H-pyrrole nitrogens is 1. The highest BCUT2D eigenvalue weighted by Gasteiger charge is 2.04. The van der Waals surface area contributed by atoms with Crippen LogP contribution >= 0.6 is 15.9 Å². The Labute approximate surface area is 107 Å². The first-order valence-electron chi connectivity index (χ1n) is 5.31. The minimum absolute atomic E-state index is 0.743. The molecular weight excluding hydrogens is 278 g/mol. The van der Waals surface area contributed by atoms with Crippen LogP contribution < -0.4 is 0 Å². The first kappa shape index (κ1) is 10.5. The third-order valence-corrected chi connectivity index (χ3v) is 3.15. The summed E-state index contributed by atoms with van der Waals surface area (Å²) in [5.41, 5.74) is 1.03. The van der Waals surface area contributed by atoms with Crippen LogP contribution in [0.5, 0.6) is 0 Å². The van der Waals surface area contributed by atoms with E-state index in [1.807, 2.05) is 19.1 Å². The van der Waals surface area contributed by atoms with Crippen LogP contribution in [0.3, 0.4) is 0 Å². The molecule has 0 spiro atoms. The maximum atomic E-state index is 4.33. The van der Waals surface area contributed by atoms with E-state index < -0.39 is 0 Å². The second kappa shape index (κ2) is 3.96. The molecule has 0 aliphatic heterocycles. The minimum atomic E-state index is 0.743. The molecule has 3 rings (SSSR count). The SMILES string of the molecule is Cc1nc(-c2ccc3cc(Br)ccc3c2)n[nH]1. The Hall–Kier alpha value is -1.68. The van der Waals surface area contributed by atoms with Gasteiger partial charge in [-0.25, -0.2) is 4.98 Å². The van der Waals surface area contributed by atoms with Crippen LogP contribution in [0.25, 0.3) is 22.2 Å². The number of aryl methyl sites for hydroxylation is 1. The van der Waals surface area contributed by atoms with Gasteiger partial charge in [0.15, 0.2) is 5.82 Å². The van der Waals surface area contributed by atoms with E-state index in [2.05, 4.69) is 55.4 Å². The van der Waals surface area contributed by atoms with Gasteiger partial charge < -0.3 is 0 Å². The van der Waals surface area contributed by atoms with E-state index in [0.717, 1.165) is 21.7 Å². The van der Waals surface area contributed by atoms with Gasteiger partial charge in [0.2, 0.25) is 0 Å². The second-order valence-corrected chi connectivity index (χ2v) is 4.87. The standard InChI is InChI=1S/C13H10BrN3/c1-8-15-13(17-16-8)11-3-2-10-7-12(14)5-4-9(10)6-11/h2-7H,1H3,(H,15,16,17). The zero-order valence-electron chi connectivity index (χ0n) is 9.24. The third-order valence-electron chi connectivity index (χ3n) is 2.66. The normalized spacial score (nSPS) is 10.9. The molecule has 0 unspecified atom stereocenters. The van der Waals surface area contributed by atoms with E-state index in [4.69, 9.17) is 0 Å². The van der Waals surface area contributed by atoms with Crippen molar-refractivity contribution in [3.63, 3.8) is 0 Å². The first-order valence-corrected chi connectivity index (χ1v) is 6.10. The van der Waals surface area contributed by atoms with Gasteiger partial charge in [0.25, 0.3) is 0 Å². The molecule has 3 nitrogen and oxygen atoms in total. The lowest BCUT2D eigenvalue weighted by Crippen LogP contribution is -1.81. The first-order chi connectivity index (χ1) is 8.22. The number of rotatable bonds is 1. The van der Waals surface area contributed by atoms with Gasteiger partial charge in [-0.05, 0) is 35.9 Å². The number of halogens is 1. The fourth-order valence-corrected chi connectivity index (χ4v) is 2.21. The number of aromatic amines is 1. The minimum Gasteiger partial charge on any atom is -0.263 e. The predicted molar refractivity (Wildman–Crippen MR) is 71.8 cm³/mol. The molecule has 0 radical (unpaired) electrons. The van der Waals surface area contributed by atoms with E-state index in [9.17, 15) is 0 Å². The van der Waals surface area contributed by atoms with Crippen LogP contribution in [-0.2, 0) is 0 Å². The molecule has 1 aromatic heterocycles. The highest BCUT2D eigenvalue weighted by atomic mass is 79.9. The molecule has 0 bridgehead atoms. The van der Waals surface area contributed by atoms with Crippen molar-refractivity contribution in [2.24, 2.45) is 0 Å². The van der Waals surface area contributed by atoms with Gasteiger partial charge in [0, 0.05) is 10.0 Å². The van der Waals surface area contributed by atoms with Gasteiger partial charge in [0.1, 0.15) is 5.82 Å². The van der Waals surface area contributed by atoms with Crippen molar-refractivity contribution in [3.8, 4) is 11.4 Å². The number of hydrogen-bond acceptors (Lipinski definition) is 2. The highest BCUT2D eigenvalue weighted by molar-refractivity contribution is 9.10. The molecule has 3 aromatic rings. The van der Waals surface area contributed by atoms with Crippen LogP contribution in [0, 0.1) is 6.92 Å². The Morgan fingerprint density at radius 1 is 1.06 bits per heavy atom. The quantitative estimate of drug-likeness (QED) is 0.742. The molecule has 1 N–H and O–H groups in total. The molecule has 0 aliphatic rings. The number of aromatic nitrogens is 3. The summed E-state index contributed by atoms with van der Waals surface area (Å²) < 4.78 is 1.09. The number of benzene rings is 2. The van der Waals surface area contributed by atoms with Gasteiger partial charge in [-0.3, -0.25) is 5.10 Å². The summed E-state index contributed by atoms with van der Waals surface area (Å²) >= 11 is 3.47. The van der Waals surface area contributed by atoms with E-state index in [0.29, 0.717) is 0 Å². The van der Waals surface area contributed by atoms with Gasteiger partial charge in [0.05, 0.1) is 0 Å². The summed E-state index contributed by atoms with van der Waals surface area (Å²) in [7, 11) is 0. The van der Waals surface area contributed by atoms with Crippen molar-refractivity contribution in [2.75, 3.05) is 0 Å². The van der Waals surface area contributed by atoms with E-state index in [1.54, 1.807) is 0 Å². The number of hydrogen-bond donors (Lipinski definition) is 1. The molecule has 0 atom stereocenters. The number of fused-ring (bicyclic) bond motifs is 1. The molecule has 0 saturated carbocycles. The molecule has 84 valence electrons. The number of nitrogens with one attached hydrogen (secondary N) is 1. The monoisotopic (exact) mass is 287 g/mol. The zero-order valence-corrected chi connectivity index (χ0v) is 10.8. The van der Waals surface area contributed by atoms with E-state index in [1.165, 1.54) is 10.8 Å². The Balaban J connectivity index is 2.16. The fraction of sp³-hybridized carbons (Fsp3) is 0.0769. The van der Waals surface area contributed by atoms with Crippen LogP contribution in [0.4, 0.5) is 0 Å². The third kappa shape index (κ3) is 1.96. The lowest BCUT2D eigenvalue weighted by Gasteiger charge is -2.01. The van der Waals surface area contributed by atoms with Crippen LogP contribution in [0.15, 0.2) is 40.9 Å². The molecule has 17 heavy (non-hydrogen) atoms. The summed E-state index contributed by atoms with van der Waals surface area (Å²) in [6.07, 6.45) is 0. The Morgan fingerprint density at radius 2 is 1.82 bits per heavy atom. The van der Waals surface area contributed by atoms with Gasteiger partial charge in [-0.2, -0.15) is 5.10 Å². The number of nitrogens with zero attached hydrogens (tertiary/aromatic N) is 2. The predicted octanol–water partition coefficient (Wildman–Crippen LogP) is 3.70. The summed E-state index contributed by atoms with van der Waals surface area (Å²) in [6.45, 7) is 1.90. The molecule has 0 aliphatic carbocycles. The lowest BCUT2D eigenvalue weighted by molar-refractivity contribution is 1.04. The Bertz CT molecular complexity index is 688. The van der Waals surface area contributed by atoms with Crippen LogP contribution in [0.1, 0.15) is 5.82 Å². The molecular formula is C13H10BrN3. The Kier molecular flexibility index (Phi) is 2.44. The van der Waals surface area contributed by atoms with Crippen LogP contribution in [-0.4, -0.2) is 15.2 Å². The molecule has 0 amide bonds. The molecule has 2 aromatic carbocycles. The summed E-state index contributed by atoms with van der Waals surface area (Å²) in [6, 6.07) is 12.4. The lowest BCUT2D eigenvalue weighted by atomic mass is 10.1. The maximum absolute atomic E-state index is 4.33. The molecule has 0 saturated heterocycles. The molecule has 1 heterocycles. The summed E-state index contributed by atoms with van der Waals surface area (Å²) in [5, 5.41) is 9.41. The topological polar surface area (TPSA) is 41.6 Å². The van der Waals surface area contributed by atoms with Crippen molar-refractivity contribution in [3.05, 3.63) is 46.7 Å². The maximum Gasteiger partial charge on any atom is 0.181 e. The van der Waals surface area contributed by atoms with Crippen molar-refractivity contribution in [2.45, 2.75) is 6.92 Å². The van der Waals surface area contributed by atoms with Crippen molar-refractivity contribution < 1.29 is 0 Å². The molecule has 0 fully saturated rings. The summed E-state index contributed by atoms with van der Waals surface area (Å²) in [4.78, 5) is 4.33. The van der Waals surface area contributed by atoms with Crippen molar-refractivity contribution in [1.82, 2.24) is 15.2 Å². The average Bonchev–Trinajstić information content (AvgIpc) is 2.75. The highest BCUT2D eigenvalue weighted by Crippen LogP contribution is 2.24. The van der Waals surface area contributed by atoms with Gasteiger partial charge in [-0.1, -0.05) is 34.1 Å². The van der Waals surface area contributed by atoms with Crippen molar-refractivity contribution >= 4 is 26.7 Å². The van der Waals surface area contributed by atoms with Gasteiger partial charge in [-0.15, -0.1) is 0 Å². The Morgan fingerprint density at radius 3 is 2.59 bits per heavy atom. The van der Waals surface area contributed by atoms with Gasteiger partial charge >= 0.3 is 0 Å². The van der Waals surface area contributed by atoms with Crippen LogP contribution in [0.2, 0.25) is 0 Å².